The molecule has 0 aromatic heterocycles. The van der Waals surface area contributed by atoms with Gasteiger partial charge in [-0.2, -0.15) is 0 Å². The summed E-state index contributed by atoms with van der Waals surface area (Å²) in [6.07, 6.45) is 0.572. The van der Waals surface area contributed by atoms with E-state index in [1.807, 2.05) is 54.6 Å². The van der Waals surface area contributed by atoms with Gasteiger partial charge in [0.25, 0.3) is 0 Å². The molecular formula is C22H28N2O3. The SMILES string of the molecule is COc1ccc(C(NC(=O)CCNC(=O)Cc2ccccc2)C(C)C)cc1. The van der Waals surface area contributed by atoms with Gasteiger partial charge in [0.1, 0.15) is 5.75 Å². The van der Waals surface area contributed by atoms with Crippen molar-refractivity contribution in [3.05, 3.63) is 65.7 Å². The van der Waals surface area contributed by atoms with Crippen LogP contribution in [0.2, 0.25) is 0 Å². The van der Waals surface area contributed by atoms with E-state index < -0.39 is 0 Å². The molecule has 1 atom stereocenters. The van der Waals surface area contributed by atoms with Crippen LogP contribution in [0.5, 0.6) is 5.75 Å². The number of carbonyl (C=O) groups excluding carboxylic acids is 2. The zero-order chi connectivity index (χ0) is 19.6. The lowest BCUT2D eigenvalue weighted by atomic mass is 9.96. The van der Waals surface area contributed by atoms with Gasteiger partial charge in [0.05, 0.1) is 19.6 Å². The average molecular weight is 368 g/mol. The summed E-state index contributed by atoms with van der Waals surface area (Å²) in [5.41, 5.74) is 1.99. The molecule has 2 N–H and O–H groups in total. The Bertz CT molecular complexity index is 727. The maximum absolute atomic E-state index is 12.3. The van der Waals surface area contributed by atoms with Crippen molar-refractivity contribution < 1.29 is 14.3 Å². The minimum absolute atomic E-state index is 0.0791. The van der Waals surface area contributed by atoms with Crippen molar-refractivity contribution in [2.75, 3.05) is 13.7 Å². The highest BCUT2D eigenvalue weighted by molar-refractivity contribution is 5.80. The lowest BCUT2D eigenvalue weighted by molar-refractivity contribution is -0.122. The first kappa shape index (κ1) is 20.5. The first-order valence-electron chi connectivity index (χ1n) is 9.23. The summed E-state index contributed by atoms with van der Waals surface area (Å²) in [5.74, 6) is 0.873. The molecule has 2 aromatic carbocycles. The molecule has 0 bridgehead atoms. The van der Waals surface area contributed by atoms with Gasteiger partial charge >= 0.3 is 0 Å². The largest absolute Gasteiger partial charge is 0.497 e. The van der Waals surface area contributed by atoms with Crippen molar-refractivity contribution in [3.63, 3.8) is 0 Å². The molecule has 0 saturated carbocycles. The molecule has 5 heteroatoms. The van der Waals surface area contributed by atoms with Crippen LogP contribution in [-0.4, -0.2) is 25.5 Å². The Hall–Kier alpha value is -2.82. The molecule has 27 heavy (non-hydrogen) atoms. The second kappa shape index (κ2) is 10.4. The van der Waals surface area contributed by atoms with Crippen molar-refractivity contribution in [1.29, 1.82) is 0 Å². The van der Waals surface area contributed by atoms with Gasteiger partial charge in [-0.25, -0.2) is 0 Å². The predicted octanol–water partition coefficient (Wildman–Crippen LogP) is 3.26. The van der Waals surface area contributed by atoms with Crippen LogP contribution in [0, 0.1) is 5.92 Å². The number of rotatable bonds is 9. The summed E-state index contributed by atoms with van der Waals surface area (Å²) in [7, 11) is 1.63. The molecule has 0 saturated heterocycles. The lowest BCUT2D eigenvalue weighted by Crippen LogP contribution is -2.35. The van der Waals surface area contributed by atoms with Gasteiger partial charge in [-0.05, 0) is 29.2 Å². The van der Waals surface area contributed by atoms with Crippen molar-refractivity contribution in [1.82, 2.24) is 10.6 Å². The van der Waals surface area contributed by atoms with Crippen LogP contribution in [0.25, 0.3) is 0 Å². The summed E-state index contributed by atoms with van der Waals surface area (Å²) >= 11 is 0. The lowest BCUT2D eigenvalue weighted by Gasteiger charge is -2.23. The van der Waals surface area contributed by atoms with Gasteiger partial charge in [-0.3, -0.25) is 9.59 Å². The number of hydrogen-bond donors (Lipinski definition) is 2. The number of hydrogen-bond acceptors (Lipinski definition) is 3. The minimum Gasteiger partial charge on any atom is -0.497 e. The molecule has 0 fully saturated rings. The van der Waals surface area contributed by atoms with Crippen LogP contribution in [-0.2, 0) is 16.0 Å². The molecule has 0 heterocycles. The second-order valence-electron chi connectivity index (χ2n) is 6.82. The van der Waals surface area contributed by atoms with Crippen molar-refractivity contribution >= 4 is 11.8 Å². The fourth-order valence-electron chi connectivity index (χ4n) is 2.85. The highest BCUT2D eigenvalue weighted by Crippen LogP contribution is 2.23. The number of ether oxygens (including phenoxy) is 1. The van der Waals surface area contributed by atoms with Gasteiger partial charge in [0.2, 0.25) is 11.8 Å². The number of carbonyl (C=O) groups is 2. The van der Waals surface area contributed by atoms with Gasteiger partial charge < -0.3 is 15.4 Å². The quantitative estimate of drug-likeness (QED) is 0.714. The van der Waals surface area contributed by atoms with E-state index in [4.69, 9.17) is 4.74 Å². The highest BCUT2D eigenvalue weighted by Gasteiger charge is 2.18. The Morgan fingerprint density at radius 3 is 2.22 bits per heavy atom. The van der Waals surface area contributed by atoms with Crippen molar-refractivity contribution in [2.24, 2.45) is 5.92 Å². The van der Waals surface area contributed by atoms with Crippen LogP contribution in [0.3, 0.4) is 0 Å². The maximum Gasteiger partial charge on any atom is 0.224 e. The van der Waals surface area contributed by atoms with Crippen molar-refractivity contribution in [2.45, 2.75) is 32.7 Å². The van der Waals surface area contributed by atoms with Crippen LogP contribution in [0.15, 0.2) is 54.6 Å². The molecule has 0 aliphatic rings. The van der Waals surface area contributed by atoms with E-state index in [1.165, 1.54) is 0 Å². The third kappa shape index (κ3) is 6.77. The van der Waals surface area contributed by atoms with Crippen LogP contribution in [0.1, 0.15) is 37.4 Å². The van der Waals surface area contributed by atoms with Gasteiger partial charge in [-0.15, -0.1) is 0 Å². The summed E-state index contributed by atoms with van der Waals surface area (Å²) < 4.78 is 5.18. The molecule has 2 aromatic rings. The van der Waals surface area contributed by atoms with E-state index in [9.17, 15) is 9.59 Å². The zero-order valence-electron chi connectivity index (χ0n) is 16.2. The molecule has 2 rings (SSSR count). The Morgan fingerprint density at radius 2 is 1.63 bits per heavy atom. The van der Waals surface area contributed by atoms with Crippen LogP contribution >= 0.6 is 0 Å². The van der Waals surface area contributed by atoms with Gasteiger partial charge in [0.15, 0.2) is 0 Å². The summed E-state index contributed by atoms with van der Waals surface area (Å²) in [5, 5.41) is 5.87. The number of amides is 2. The molecule has 0 spiro atoms. The first-order valence-corrected chi connectivity index (χ1v) is 9.23. The number of methoxy groups -OCH3 is 1. The molecule has 1 unspecified atom stereocenters. The second-order valence-corrected chi connectivity index (χ2v) is 6.82. The smallest absolute Gasteiger partial charge is 0.224 e. The summed E-state index contributed by atoms with van der Waals surface area (Å²) in [6.45, 7) is 4.46. The van der Waals surface area contributed by atoms with Gasteiger partial charge in [-0.1, -0.05) is 56.3 Å². The Morgan fingerprint density at radius 1 is 0.963 bits per heavy atom. The molecule has 2 amide bonds. The van der Waals surface area contributed by atoms with E-state index in [2.05, 4.69) is 24.5 Å². The van der Waals surface area contributed by atoms with Crippen molar-refractivity contribution in [3.8, 4) is 5.75 Å². The molecule has 0 radical (unpaired) electrons. The Kier molecular flexibility index (Phi) is 7.86. The normalized spacial score (nSPS) is 11.7. The van der Waals surface area contributed by atoms with E-state index >= 15 is 0 Å². The van der Waals surface area contributed by atoms with E-state index in [0.29, 0.717) is 13.0 Å². The van der Waals surface area contributed by atoms with E-state index in [0.717, 1.165) is 16.9 Å². The summed E-state index contributed by atoms with van der Waals surface area (Å²) in [6, 6.07) is 17.2. The monoisotopic (exact) mass is 368 g/mol. The fraction of sp³-hybridized carbons (Fsp3) is 0.364. The molecule has 5 nitrogen and oxygen atoms in total. The Labute approximate surface area is 161 Å². The average Bonchev–Trinajstić information content (AvgIpc) is 2.67. The molecule has 144 valence electrons. The highest BCUT2D eigenvalue weighted by atomic mass is 16.5. The molecule has 0 aliphatic carbocycles. The fourth-order valence-corrected chi connectivity index (χ4v) is 2.85. The standard InChI is InChI=1S/C22H28N2O3/c1-16(2)22(18-9-11-19(27-3)12-10-18)24-20(25)13-14-23-21(26)15-17-7-5-4-6-8-17/h4-12,16,22H,13-15H2,1-3H3,(H,23,26)(H,24,25). The van der Waals surface area contributed by atoms with E-state index in [1.54, 1.807) is 7.11 Å². The number of benzene rings is 2. The predicted molar refractivity (Wildman–Crippen MR) is 106 cm³/mol. The van der Waals surface area contributed by atoms with Crippen LogP contribution in [0.4, 0.5) is 0 Å². The molecule has 0 aliphatic heterocycles. The Balaban J connectivity index is 1.80. The van der Waals surface area contributed by atoms with Gasteiger partial charge in [0, 0.05) is 13.0 Å². The third-order valence-electron chi connectivity index (χ3n) is 4.34. The number of nitrogens with one attached hydrogen (secondary N) is 2. The van der Waals surface area contributed by atoms with Crippen LogP contribution < -0.4 is 15.4 Å². The first-order chi connectivity index (χ1) is 13.0. The van der Waals surface area contributed by atoms with E-state index in [-0.39, 0.29) is 30.2 Å². The topological polar surface area (TPSA) is 67.4 Å². The third-order valence-corrected chi connectivity index (χ3v) is 4.34. The minimum atomic E-state index is -0.0802. The molecular weight excluding hydrogens is 340 g/mol. The summed E-state index contributed by atoms with van der Waals surface area (Å²) in [4.78, 5) is 24.3. The maximum atomic E-state index is 12.3. The zero-order valence-corrected chi connectivity index (χ0v) is 16.2.